The van der Waals surface area contributed by atoms with E-state index in [-0.39, 0.29) is 18.0 Å². The topological polar surface area (TPSA) is 83.4 Å². The van der Waals surface area contributed by atoms with Crippen molar-refractivity contribution in [1.29, 1.82) is 0 Å². The minimum atomic E-state index is -0.537. The zero-order chi connectivity index (χ0) is 15.0. The smallest absolute Gasteiger partial charge is 0.315 e. The molecule has 1 aromatic heterocycles. The van der Waals surface area contributed by atoms with E-state index in [1.807, 2.05) is 38.1 Å². The second-order valence-electron chi connectivity index (χ2n) is 5.22. The van der Waals surface area contributed by atoms with Crippen LogP contribution in [-0.4, -0.2) is 24.5 Å². The molecule has 0 spiro atoms. The number of rotatable bonds is 3. The van der Waals surface area contributed by atoms with Crippen molar-refractivity contribution >= 4 is 22.9 Å². The lowest BCUT2D eigenvalue weighted by molar-refractivity contribution is -0.123. The Hall–Kier alpha value is -2.50. The monoisotopic (exact) mass is 287 g/mol. The van der Waals surface area contributed by atoms with Gasteiger partial charge in [0.1, 0.15) is 17.4 Å². The molecule has 6 nitrogen and oxygen atoms in total. The minimum Gasteiger partial charge on any atom is -0.459 e. The molecule has 1 aromatic carbocycles. The Balaban J connectivity index is 1.77. The van der Waals surface area contributed by atoms with Gasteiger partial charge in [-0.15, -0.1) is 0 Å². The molecule has 0 aliphatic carbocycles. The summed E-state index contributed by atoms with van der Waals surface area (Å²) in [6.07, 6.45) is 0. The molecule has 6 heteroatoms. The lowest BCUT2D eigenvalue weighted by Crippen LogP contribution is -2.43. The number of amides is 3. The van der Waals surface area contributed by atoms with Crippen LogP contribution in [0.15, 0.2) is 28.7 Å². The summed E-state index contributed by atoms with van der Waals surface area (Å²) in [5, 5.41) is 9.04. The van der Waals surface area contributed by atoms with Gasteiger partial charge in [0, 0.05) is 17.5 Å². The summed E-state index contributed by atoms with van der Waals surface area (Å²) in [4.78, 5) is 23.2. The highest BCUT2D eigenvalue weighted by Crippen LogP contribution is 2.29. The molecule has 110 valence electrons. The Labute approximate surface area is 121 Å². The Morgan fingerprint density at radius 1 is 1.43 bits per heavy atom. The van der Waals surface area contributed by atoms with Gasteiger partial charge in [-0.3, -0.25) is 4.79 Å². The first kappa shape index (κ1) is 13.5. The lowest BCUT2D eigenvalue weighted by atomic mass is 10.1. The molecule has 2 heterocycles. The van der Waals surface area contributed by atoms with Gasteiger partial charge in [0.15, 0.2) is 0 Å². The van der Waals surface area contributed by atoms with Crippen LogP contribution in [0.4, 0.5) is 4.79 Å². The van der Waals surface area contributed by atoms with Crippen LogP contribution >= 0.6 is 0 Å². The van der Waals surface area contributed by atoms with Crippen LogP contribution in [0.2, 0.25) is 0 Å². The zero-order valence-electron chi connectivity index (χ0n) is 11.9. The summed E-state index contributed by atoms with van der Waals surface area (Å²) < 4.78 is 5.83. The standard InChI is InChI=1S/C15H17N3O3/c1-8-10-5-3-4-6-12(10)21-13(8)9(2)17-14(19)11-7-16-15(20)18-11/h3-6,9,11H,7H2,1-2H3,(H,17,19)(H2,16,18,20)/t9-,11+/m1/s1. The van der Waals surface area contributed by atoms with Crippen LogP contribution in [0.5, 0.6) is 0 Å². The quantitative estimate of drug-likeness (QED) is 0.801. The van der Waals surface area contributed by atoms with Gasteiger partial charge in [-0.25, -0.2) is 4.79 Å². The second-order valence-corrected chi connectivity index (χ2v) is 5.22. The highest BCUT2D eigenvalue weighted by molar-refractivity contribution is 5.90. The normalized spacial score (nSPS) is 19.1. The maximum absolute atomic E-state index is 12.1. The van der Waals surface area contributed by atoms with Crippen molar-refractivity contribution in [2.75, 3.05) is 6.54 Å². The maximum atomic E-state index is 12.1. The number of carbonyl (C=O) groups excluding carboxylic acids is 2. The number of fused-ring (bicyclic) bond motifs is 1. The number of carbonyl (C=O) groups is 2. The highest BCUT2D eigenvalue weighted by atomic mass is 16.3. The molecule has 2 aromatic rings. The minimum absolute atomic E-state index is 0.222. The Bertz CT molecular complexity index is 707. The summed E-state index contributed by atoms with van der Waals surface area (Å²) in [6.45, 7) is 4.14. The summed E-state index contributed by atoms with van der Waals surface area (Å²) >= 11 is 0. The molecule has 2 atom stereocenters. The average Bonchev–Trinajstić information content (AvgIpc) is 3.04. The third-order valence-electron chi connectivity index (χ3n) is 3.72. The Morgan fingerprint density at radius 3 is 2.86 bits per heavy atom. The molecule has 1 saturated heterocycles. The fourth-order valence-corrected chi connectivity index (χ4v) is 2.60. The fraction of sp³-hybridized carbons (Fsp3) is 0.333. The second kappa shape index (κ2) is 5.12. The predicted molar refractivity (Wildman–Crippen MR) is 77.8 cm³/mol. The van der Waals surface area contributed by atoms with Gasteiger partial charge in [0.2, 0.25) is 5.91 Å². The van der Waals surface area contributed by atoms with E-state index in [1.165, 1.54) is 0 Å². The van der Waals surface area contributed by atoms with Crippen molar-refractivity contribution in [3.8, 4) is 0 Å². The van der Waals surface area contributed by atoms with Gasteiger partial charge in [-0.05, 0) is 19.9 Å². The van der Waals surface area contributed by atoms with Gasteiger partial charge in [-0.1, -0.05) is 18.2 Å². The van der Waals surface area contributed by atoms with Crippen molar-refractivity contribution in [2.45, 2.75) is 25.9 Å². The average molecular weight is 287 g/mol. The van der Waals surface area contributed by atoms with Crippen LogP contribution in [0, 0.1) is 6.92 Å². The van der Waals surface area contributed by atoms with Crippen LogP contribution in [0.25, 0.3) is 11.0 Å². The van der Waals surface area contributed by atoms with Crippen LogP contribution in [0.3, 0.4) is 0 Å². The number of furan rings is 1. The first-order chi connectivity index (χ1) is 10.1. The SMILES string of the molecule is Cc1c([C@@H](C)NC(=O)[C@@H]2CNC(=O)N2)oc2ccccc12. The molecule has 3 N–H and O–H groups in total. The molecule has 0 unspecified atom stereocenters. The summed E-state index contributed by atoms with van der Waals surface area (Å²) in [6, 6.07) is 6.65. The zero-order valence-corrected chi connectivity index (χ0v) is 11.9. The lowest BCUT2D eigenvalue weighted by Gasteiger charge is -2.15. The largest absolute Gasteiger partial charge is 0.459 e. The number of hydrogen-bond donors (Lipinski definition) is 3. The van der Waals surface area contributed by atoms with E-state index in [9.17, 15) is 9.59 Å². The highest BCUT2D eigenvalue weighted by Gasteiger charge is 2.28. The van der Waals surface area contributed by atoms with Crippen molar-refractivity contribution in [1.82, 2.24) is 16.0 Å². The van der Waals surface area contributed by atoms with E-state index >= 15 is 0 Å². The molecule has 0 radical (unpaired) electrons. The van der Waals surface area contributed by atoms with E-state index < -0.39 is 6.04 Å². The van der Waals surface area contributed by atoms with E-state index in [0.717, 1.165) is 22.3 Å². The number of aryl methyl sites for hydroxylation is 1. The fourth-order valence-electron chi connectivity index (χ4n) is 2.60. The molecule has 0 bridgehead atoms. The molecule has 1 fully saturated rings. The molecular formula is C15H17N3O3. The Morgan fingerprint density at radius 2 is 2.19 bits per heavy atom. The molecule has 1 aliphatic rings. The van der Waals surface area contributed by atoms with Gasteiger partial charge >= 0.3 is 6.03 Å². The van der Waals surface area contributed by atoms with Crippen LogP contribution in [-0.2, 0) is 4.79 Å². The third-order valence-corrected chi connectivity index (χ3v) is 3.72. The number of para-hydroxylation sites is 1. The van der Waals surface area contributed by atoms with Crippen molar-refractivity contribution in [2.24, 2.45) is 0 Å². The van der Waals surface area contributed by atoms with Crippen molar-refractivity contribution < 1.29 is 14.0 Å². The van der Waals surface area contributed by atoms with Gasteiger partial charge < -0.3 is 20.4 Å². The number of urea groups is 1. The number of nitrogens with one attached hydrogen (secondary N) is 3. The van der Waals surface area contributed by atoms with Gasteiger partial charge in [0.05, 0.1) is 6.04 Å². The van der Waals surface area contributed by atoms with E-state index in [0.29, 0.717) is 6.54 Å². The summed E-state index contributed by atoms with van der Waals surface area (Å²) in [5.41, 5.74) is 1.83. The first-order valence-electron chi connectivity index (χ1n) is 6.89. The van der Waals surface area contributed by atoms with E-state index in [1.54, 1.807) is 0 Å². The van der Waals surface area contributed by atoms with Crippen molar-refractivity contribution in [3.63, 3.8) is 0 Å². The number of benzene rings is 1. The Kier molecular flexibility index (Phi) is 3.29. The molecule has 3 rings (SSSR count). The first-order valence-corrected chi connectivity index (χ1v) is 6.89. The molecule has 0 saturated carbocycles. The van der Waals surface area contributed by atoms with Gasteiger partial charge in [0.25, 0.3) is 0 Å². The van der Waals surface area contributed by atoms with Crippen molar-refractivity contribution in [3.05, 3.63) is 35.6 Å². The third kappa shape index (κ3) is 2.44. The summed E-state index contributed by atoms with van der Waals surface area (Å²) in [7, 11) is 0. The molecule has 1 aliphatic heterocycles. The molecular weight excluding hydrogens is 270 g/mol. The number of hydrogen-bond acceptors (Lipinski definition) is 3. The van der Waals surface area contributed by atoms with Crippen LogP contribution < -0.4 is 16.0 Å². The maximum Gasteiger partial charge on any atom is 0.315 e. The molecule has 21 heavy (non-hydrogen) atoms. The van der Waals surface area contributed by atoms with E-state index in [2.05, 4.69) is 16.0 Å². The predicted octanol–water partition coefficient (Wildman–Crippen LogP) is 1.60. The van der Waals surface area contributed by atoms with Gasteiger partial charge in [-0.2, -0.15) is 0 Å². The molecule has 3 amide bonds. The van der Waals surface area contributed by atoms with Crippen LogP contribution in [0.1, 0.15) is 24.3 Å². The summed E-state index contributed by atoms with van der Waals surface area (Å²) in [5.74, 6) is 0.516. The van der Waals surface area contributed by atoms with E-state index in [4.69, 9.17) is 4.42 Å².